The molecule has 0 saturated heterocycles. The van der Waals surface area contributed by atoms with Crippen LogP contribution in [0.1, 0.15) is 12.6 Å². The number of benzene rings is 1. The summed E-state index contributed by atoms with van der Waals surface area (Å²) in [5.41, 5.74) is 1.84. The summed E-state index contributed by atoms with van der Waals surface area (Å²) in [4.78, 5) is 16.4. The highest BCUT2D eigenvalue weighted by Crippen LogP contribution is 2.26. The van der Waals surface area contributed by atoms with Crippen LogP contribution < -0.4 is 14.8 Å². The van der Waals surface area contributed by atoms with Crippen molar-refractivity contribution in [2.75, 3.05) is 19.8 Å². The van der Waals surface area contributed by atoms with Crippen molar-refractivity contribution in [1.82, 2.24) is 14.7 Å². The molecule has 25 heavy (non-hydrogen) atoms. The first-order chi connectivity index (χ1) is 12.3. The first-order valence-electron chi connectivity index (χ1n) is 8.30. The summed E-state index contributed by atoms with van der Waals surface area (Å²) in [6, 6.07) is 13.2. The third-order valence-electron chi connectivity index (χ3n) is 3.62. The van der Waals surface area contributed by atoms with Crippen LogP contribution >= 0.6 is 0 Å². The molecule has 0 spiro atoms. The van der Waals surface area contributed by atoms with E-state index in [0.29, 0.717) is 31.1 Å². The van der Waals surface area contributed by atoms with Gasteiger partial charge in [-0.05, 0) is 31.2 Å². The lowest BCUT2D eigenvalue weighted by atomic mass is 10.3. The predicted octanol–water partition coefficient (Wildman–Crippen LogP) is 2.47. The summed E-state index contributed by atoms with van der Waals surface area (Å²) >= 11 is 0. The van der Waals surface area contributed by atoms with E-state index in [4.69, 9.17) is 9.47 Å². The van der Waals surface area contributed by atoms with Crippen molar-refractivity contribution in [2.24, 2.45) is 0 Å². The maximum atomic E-state index is 11.9. The van der Waals surface area contributed by atoms with E-state index in [9.17, 15) is 4.79 Å². The zero-order valence-corrected chi connectivity index (χ0v) is 14.1. The molecule has 0 unspecified atom stereocenters. The Labute approximate surface area is 146 Å². The average molecular weight is 339 g/mol. The number of hydrogen-bond donors (Lipinski definition) is 1. The molecule has 0 bridgehead atoms. The highest BCUT2D eigenvalue weighted by molar-refractivity contribution is 5.77. The molecule has 0 fully saturated rings. The zero-order chi connectivity index (χ0) is 17.5. The van der Waals surface area contributed by atoms with Crippen LogP contribution in [0.4, 0.5) is 0 Å². The summed E-state index contributed by atoms with van der Waals surface area (Å²) in [5.74, 6) is 1.04. The second kappa shape index (κ2) is 8.19. The van der Waals surface area contributed by atoms with Crippen molar-refractivity contribution in [3.63, 3.8) is 0 Å². The zero-order valence-electron chi connectivity index (χ0n) is 14.1. The maximum absolute atomic E-state index is 11.9. The summed E-state index contributed by atoms with van der Waals surface area (Å²) in [5, 5.41) is 2.84. The van der Waals surface area contributed by atoms with Crippen LogP contribution in [-0.4, -0.2) is 35.1 Å². The fourth-order valence-corrected chi connectivity index (χ4v) is 2.48. The fraction of sp³-hybridized carbons (Fsp3) is 0.263. The van der Waals surface area contributed by atoms with E-state index >= 15 is 0 Å². The normalized spacial score (nSPS) is 10.6. The Bertz CT molecular complexity index is 812. The molecule has 0 saturated carbocycles. The first kappa shape index (κ1) is 16.8. The molecule has 3 rings (SSSR count). The van der Waals surface area contributed by atoms with E-state index in [-0.39, 0.29) is 12.5 Å². The van der Waals surface area contributed by atoms with Crippen LogP contribution in [0.5, 0.6) is 11.5 Å². The van der Waals surface area contributed by atoms with E-state index in [0.717, 1.165) is 11.3 Å². The second-order valence-corrected chi connectivity index (χ2v) is 5.47. The summed E-state index contributed by atoms with van der Waals surface area (Å²) in [6.45, 7) is 2.92. The number of imidazole rings is 1. The van der Waals surface area contributed by atoms with Crippen molar-refractivity contribution in [1.29, 1.82) is 0 Å². The number of carbonyl (C=O) groups excluding carboxylic acids is 1. The first-order valence-corrected chi connectivity index (χ1v) is 8.30. The van der Waals surface area contributed by atoms with Crippen molar-refractivity contribution in [3.05, 3.63) is 60.6 Å². The summed E-state index contributed by atoms with van der Waals surface area (Å²) in [7, 11) is 0. The molecule has 6 heteroatoms. The fourth-order valence-electron chi connectivity index (χ4n) is 2.48. The lowest BCUT2D eigenvalue weighted by molar-refractivity contribution is -0.123. The predicted molar refractivity (Wildman–Crippen MR) is 95.0 cm³/mol. The Balaban J connectivity index is 1.45. The van der Waals surface area contributed by atoms with E-state index in [1.807, 2.05) is 60.1 Å². The number of amides is 1. The Morgan fingerprint density at radius 3 is 2.64 bits per heavy atom. The molecular weight excluding hydrogens is 318 g/mol. The topological polar surface area (TPSA) is 64.9 Å². The van der Waals surface area contributed by atoms with Gasteiger partial charge >= 0.3 is 0 Å². The van der Waals surface area contributed by atoms with E-state index in [2.05, 4.69) is 10.3 Å². The molecule has 0 atom stereocenters. The minimum Gasteiger partial charge on any atom is -0.490 e. The minimum atomic E-state index is -0.171. The number of rotatable bonds is 8. The molecule has 0 aliphatic carbocycles. The van der Waals surface area contributed by atoms with Crippen LogP contribution in [0.15, 0.2) is 54.9 Å². The monoisotopic (exact) mass is 339 g/mol. The molecule has 0 aliphatic rings. The van der Waals surface area contributed by atoms with Crippen LogP contribution in [0.2, 0.25) is 0 Å². The van der Waals surface area contributed by atoms with Gasteiger partial charge in [-0.25, -0.2) is 4.98 Å². The molecule has 1 N–H and O–H groups in total. The highest BCUT2D eigenvalue weighted by atomic mass is 16.5. The molecular formula is C19H21N3O3. The number of nitrogens with zero attached hydrogens (tertiary/aromatic N) is 2. The average Bonchev–Trinajstić information content (AvgIpc) is 3.04. The summed E-state index contributed by atoms with van der Waals surface area (Å²) < 4.78 is 13.0. The van der Waals surface area contributed by atoms with Crippen molar-refractivity contribution >= 4 is 11.6 Å². The third kappa shape index (κ3) is 4.50. The number of carbonyl (C=O) groups is 1. The Morgan fingerprint density at radius 2 is 1.88 bits per heavy atom. The summed E-state index contributed by atoms with van der Waals surface area (Å²) in [6.07, 6.45) is 4.59. The van der Waals surface area contributed by atoms with E-state index in [1.54, 1.807) is 6.07 Å². The van der Waals surface area contributed by atoms with Gasteiger partial charge in [0, 0.05) is 25.4 Å². The van der Waals surface area contributed by atoms with Crippen molar-refractivity contribution in [3.8, 4) is 11.5 Å². The number of nitrogens with one attached hydrogen (secondary N) is 1. The van der Waals surface area contributed by atoms with Gasteiger partial charge in [0.2, 0.25) is 0 Å². The van der Waals surface area contributed by atoms with E-state index < -0.39 is 0 Å². The molecule has 1 amide bonds. The van der Waals surface area contributed by atoms with Gasteiger partial charge in [0.25, 0.3) is 5.91 Å². The van der Waals surface area contributed by atoms with Gasteiger partial charge in [0.15, 0.2) is 18.1 Å². The standard InChI is InChI=1S/C19H21N3O3/c1-2-24-16-7-3-4-8-17(16)25-14-19(23)20-11-10-15-13-22-12-6-5-9-18(22)21-15/h3-9,12-13H,2,10-11,14H2,1H3,(H,20,23). The van der Waals surface area contributed by atoms with Gasteiger partial charge in [-0.2, -0.15) is 0 Å². The maximum Gasteiger partial charge on any atom is 0.257 e. The Morgan fingerprint density at radius 1 is 1.12 bits per heavy atom. The number of aromatic nitrogens is 2. The van der Waals surface area contributed by atoms with Crippen molar-refractivity contribution in [2.45, 2.75) is 13.3 Å². The number of ether oxygens (including phenoxy) is 2. The van der Waals surface area contributed by atoms with Gasteiger partial charge in [0.1, 0.15) is 5.65 Å². The minimum absolute atomic E-state index is 0.0464. The molecule has 2 heterocycles. The van der Waals surface area contributed by atoms with Crippen LogP contribution in [0.25, 0.3) is 5.65 Å². The SMILES string of the molecule is CCOc1ccccc1OCC(=O)NCCc1cn2ccccc2n1. The number of para-hydroxylation sites is 2. The number of hydrogen-bond acceptors (Lipinski definition) is 4. The Kier molecular flexibility index (Phi) is 5.51. The largest absolute Gasteiger partial charge is 0.490 e. The van der Waals surface area contributed by atoms with Crippen LogP contribution in [0, 0.1) is 0 Å². The molecule has 130 valence electrons. The van der Waals surface area contributed by atoms with E-state index in [1.165, 1.54) is 0 Å². The molecule has 1 aromatic carbocycles. The van der Waals surface area contributed by atoms with Gasteiger partial charge in [-0.3, -0.25) is 4.79 Å². The van der Waals surface area contributed by atoms with Gasteiger partial charge in [-0.1, -0.05) is 18.2 Å². The number of pyridine rings is 1. The molecule has 6 nitrogen and oxygen atoms in total. The highest BCUT2D eigenvalue weighted by Gasteiger charge is 2.07. The van der Waals surface area contributed by atoms with Gasteiger partial charge < -0.3 is 19.2 Å². The third-order valence-corrected chi connectivity index (χ3v) is 3.62. The van der Waals surface area contributed by atoms with Crippen molar-refractivity contribution < 1.29 is 14.3 Å². The van der Waals surface area contributed by atoms with Crippen LogP contribution in [0.3, 0.4) is 0 Å². The number of fused-ring (bicyclic) bond motifs is 1. The molecule has 0 radical (unpaired) electrons. The molecule has 0 aliphatic heterocycles. The molecule has 2 aromatic heterocycles. The lowest BCUT2D eigenvalue weighted by Gasteiger charge is -2.11. The Hall–Kier alpha value is -3.02. The second-order valence-electron chi connectivity index (χ2n) is 5.47. The quantitative estimate of drug-likeness (QED) is 0.685. The van der Waals surface area contributed by atoms with Gasteiger partial charge in [-0.15, -0.1) is 0 Å². The lowest BCUT2D eigenvalue weighted by Crippen LogP contribution is -2.30. The molecule has 3 aromatic rings. The smallest absolute Gasteiger partial charge is 0.257 e. The van der Waals surface area contributed by atoms with Gasteiger partial charge in [0.05, 0.1) is 12.3 Å². The van der Waals surface area contributed by atoms with Crippen LogP contribution in [-0.2, 0) is 11.2 Å².